The van der Waals surface area contributed by atoms with Crippen molar-refractivity contribution in [3.63, 3.8) is 0 Å². The van der Waals surface area contributed by atoms with Crippen molar-refractivity contribution in [1.29, 1.82) is 0 Å². The van der Waals surface area contributed by atoms with Gasteiger partial charge >= 0.3 is 6.18 Å². The summed E-state index contributed by atoms with van der Waals surface area (Å²) in [6.07, 6.45) is -0.899. The van der Waals surface area contributed by atoms with Crippen LogP contribution in [0.2, 0.25) is 0 Å². The van der Waals surface area contributed by atoms with Crippen LogP contribution >= 0.6 is 0 Å². The molecule has 4 heterocycles. The fourth-order valence-corrected chi connectivity index (χ4v) is 7.53. The second kappa shape index (κ2) is 8.03. The molecule has 0 radical (unpaired) electrons. The maximum absolute atomic E-state index is 13.5. The highest BCUT2D eigenvalue weighted by atomic mass is 32.2. The predicted molar refractivity (Wildman–Crippen MR) is 105 cm³/mol. The Morgan fingerprint density at radius 3 is 2.53 bits per heavy atom. The van der Waals surface area contributed by atoms with Gasteiger partial charge in [0, 0.05) is 37.9 Å². The molecule has 3 fully saturated rings. The van der Waals surface area contributed by atoms with Crippen LogP contribution in [0.1, 0.15) is 43.5 Å². The molecule has 1 aromatic rings. The lowest BCUT2D eigenvalue weighted by Crippen LogP contribution is -2.51. The summed E-state index contributed by atoms with van der Waals surface area (Å²) in [6.45, 7) is 3.60. The molecule has 4 unspecified atom stereocenters. The molecule has 0 spiro atoms. The van der Waals surface area contributed by atoms with Gasteiger partial charge in [-0.15, -0.1) is 0 Å². The largest absolute Gasteiger partial charge is 0.433 e. The van der Waals surface area contributed by atoms with Gasteiger partial charge in [-0.25, -0.2) is 13.4 Å². The standard InChI is InChI=1S/C20H28F3N3O3S/c1-12-17(2-3-19(25-12)20(21,22)23)30(27,28)18-10-15-8-14(24)9-16(18)26(15)11-13-4-6-29-7-5-13/h2-3,13-16,18H,4-11,24H2,1H3. The second-order valence-corrected chi connectivity index (χ2v) is 10.9. The van der Waals surface area contributed by atoms with Gasteiger partial charge in [0.1, 0.15) is 5.69 Å². The van der Waals surface area contributed by atoms with E-state index in [1.165, 1.54) is 6.92 Å². The molecule has 0 amide bonds. The number of sulfone groups is 1. The average Bonchev–Trinajstić information content (AvgIpc) is 2.88. The van der Waals surface area contributed by atoms with Gasteiger partial charge in [0.05, 0.1) is 15.8 Å². The molecule has 3 aliphatic heterocycles. The molecule has 0 aliphatic carbocycles. The predicted octanol–water partition coefficient (Wildman–Crippen LogP) is 2.54. The Morgan fingerprint density at radius 2 is 1.90 bits per heavy atom. The van der Waals surface area contributed by atoms with Crippen LogP contribution in [0.15, 0.2) is 17.0 Å². The molecule has 0 aromatic carbocycles. The molecule has 30 heavy (non-hydrogen) atoms. The van der Waals surface area contributed by atoms with E-state index < -0.39 is 27.0 Å². The molecule has 10 heteroatoms. The topological polar surface area (TPSA) is 85.5 Å². The molecule has 0 saturated carbocycles. The Hall–Kier alpha value is -1.23. The van der Waals surface area contributed by atoms with Crippen LogP contribution in [0, 0.1) is 12.8 Å². The van der Waals surface area contributed by atoms with E-state index >= 15 is 0 Å². The number of alkyl halides is 3. The van der Waals surface area contributed by atoms with Crippen LogP contribution in [0.3, 0.4) is 0 Å². The summed E-state index contributed by atoms with van der Waals surface area (Å²) in [5.74, 6) is 0.467. The number of nitrogens with zero attached hydrogens (tertiary/aromatic N) is 2. The summed E-state index contributed by atoms with van der Waals surface area (Å²) in [6, 6.07) is 1.63. The van der Waals surface area contributed by atoms with Gasteiger partial charge in [-0.2, -0.15) is 13.2 Å². The maximum Gasteiger partial charge on any atom is 0.433 e. The molecule has 3 saturated heterocycles. The Morgan fingerprint density at radius 1 is 1.20 bits per heavy atom. The molecule has 6 nitrogen and oxygen atoms in total. The molecule has 1 aromatic heterocycles. The summed E-state index contributed by atoms with van der Waals surface area (Å²) in [7, 11) is -3.83. The first-order valence-electron chi connectivity index (χ1n) is 10.4. The minimum atomic E-state index is -4.61. The van der Waals surface area contributed by atoms with Crippen LogP contribution in [0.4, 0.5) is 13.2 Å². The van der Waals surface area contributed by atoms with Crippen molar-refractivity contribution in [1.82, 2.24) is 9.88 Å². The van der Waals surface area contributed by atoms with E-state index in [0.29, 0.717) is 18.8 Å². The normalized spacial score (nSPS) is 31.2. The lowest BCUT2D eigenvalue weighted by atomic mass is 9.94. The minimum absolute atomic E-state index is 0.0574. The molecule has 168 valence electrons. The number of pyridine rings is 1. The zero-order valence-electron chi connectivity index (χ0n) is 16.9. The van der Waals surface area contributed by atoms with E-state index in [1.807, 2.05) is 0 Å². The molecular formula is C20H28F3N3O3S. The maximum atomic E-state index is 13.5. The number of hydrogen-bond donors (Lipinski definition) is 1. The fourth-order valence-electron chi connectivity index (χ4n) is 5.33. The Labute approximate surface area is 174 Å². The first-order valence-corrected chi connectivity index (χ1v) is 12.0. The van der Waals surface area contributed by atoms with Crippen molar-refractivity contribution in [2.75, 3.05) is 19.8 Å². The summed E-state index contributed by atoms with van der Waals surface area (Å²) < 4.78 is 71.3. The van der Waals surface area contributed by atoms with Gasteiger partial charge in [0.25, 0.3) is 0 Å². The molecule has 4 atom stereocenters. The van der Waals surface area contributed by atoms with E-state index in [1.54, 1.807) is 0 Å². The first kappa shape index (κ1) is 22.0. The van der Waals surface area contributed by atoms with Crippen LogP contribution in [-0.4, -0.2) is 61.4 Å². The highest BCUT2D eigenvalue weighted by Gasteiger charge is 2.52. The van der Waals surface area contributed by atoms with Crippen molar-refractivity contribution in [3.05, 3.63) is 23.5 Å². The summed E-state index contributed by atoms with van der Waals surface area (Å²) >= 11 is 0. The zero-order valence-corrected chi connectivity index (χ0v) is 17.8. The van der Waals surface area contributed by atoms with E-state index in [0.717, 1.165) is 51.2 Å². The van der Waals surface area contributed by atoms with Crippen LogP contribution in [-0.2, 0) is 20.8 Å². The smallest absolute Gasteiger partial charge is 0.381 e. The van der Waals surface area contributed by atoms with Gasteiger partial charge in [-0.3, -0.25) is 4.90 Å². The van der Waals surface area contributed by atoms with Gasteiger partial charge < -0.3 is 10.5 Å². The number of aromatic nitrogens is 1. The molecule has 4 rings (SSSR count). The van der Waals surface area contributed by atoms with Gasteiger partial charge in [0.15, 0.2) is 9.84 Å². The third kappa shape index (κ3) is 4.11. The summed E-state index contributed by atoms with van der Waals surface area (Å²) in [5.41, 5.74) is 5.03. The summed E-state index contributed by atoms with van der Waals surface area (Å²) in [5, 5.41) is -0.673. The van der Waals surface area contributed by atoms with E-state index in [9.17, 15) is 21.6 Å². The van der Waals surface area contributed by atoms with Crippen LogP contribution < -0.4 is 5.73 Å². The quantitative estimate of drug-likeness (QED) is 0.764. The number of hydrogen-bond acceptors (Lipinski definition) is 6. The fraction of sp³-hybridized carbons (Fsp3) is 0.750. The second-order valence-electron chi connectivity index (χ2n) is 8.80. The molecular weight excluding hydrogens is 419 g/mol. The highest BCUT2D eigenvalue weighted by molar-refractivity contribution is 7.92. The Balaban J connectivity index is 1.61. The average molecular weight is 448 g/mol. The number of nitrogens with two attached hydrogens (primary N) is 1. The number of fused-ring (bicyclic) bond motifs is 2. The van der Waals surface area contributed by atoms with Crippen LogP contribution in [0.5, 0.6) is 0 Å². The lowest BCUT2D eigenvalue weighted by Gasteiger charge is -2.41. The molecule has 3 aliphatic rings. The number of rotatable bonds is 4. The summed E-state index contributed by atoms with van der Waals surface area (Å²) in [4.78, 5) is 5.73. The van der Waals surface area contributed by atoms with Crippen molar-refractivity contribution >= 4 is 9.84 Å². The van der Waals surface area contributed by atoms with Gasteiger partial charge in [-0.1, -0.05) is 0 Å². The number of halogens is 3. The van der Waals surface area contributed by atoms with Crippen LogP contribution in [0.25, 0.3) is 0 Å². The highest BCUT2D eigenvalue weighted by Crippen LogP contribution is 2.42. The monoisotopic (exact) mass is 447 g/mol. The SMILES string of the molecule is Cc1nc(C(F)(F)F)ccc1S(=O)(=O)C1CC2CC(N)CC1N2CC1CCOCC1. The zero-order chi connectivity index (χ0) is 21.7. The first-order chi connectivity index (χ1) is 14.1. The molecule has 2 bridgehead atoms. The van der Waals surface area contributed by atoms with Crippen molar-refractivity contribution in [2.24, 2.45) is 11.7 Å². The third-order valence-corrected chi connectivity index (χ3v) is 9.14. The molecule has 2 N–H and O–H groups in total. The van der Waals surface area contributed by atoms with Crippen molar-refractivity contribution in [3.8, 4) is 0 Å². The third-order valence-electron chi connectivity index (χ3n) is 6.79. The van der Waals surface area contributed by atoms with E-state index in [2.05, 4.69) is 9.88 Å². The van der Waals surface area contributed by atoms with E-state index in [4.69, 9.17) is 10.5 Å². The number of aryl methyl sites for hydroxylation is 1. The number of piperidine rings is 1. The lowest BCUT2D eigenvalue weighted by molar-refractivity contribution is -0.141. The Bertz CT molecular complexity index is 887. The van der Waals surface area contributed by atoms with Crippen molar-refractivity contribution < 1.29 is 26.3 Å². The minimum Gasteiger partial charge on any atom is -0.381 e. The van der Waals surface area contributed by atoms with Gasteiger partial charge in [0.2, 0.25) is 0 Å². The Kier molecular flexibility index (Phi) is 5.89. The van der Waals surface area contributed by atoms with Crippen molar-refractivity contribution in [2.45, 2.75) is 73.5 Å². The van der Waals surface area contributed by atoms with Gasteiger partial charge in [-0.05, 0) is 57.1 Å². The van der Waals surface area contributed by atoms with E-state index in [-0.39, 0.29) is 28.7 Å². The number of ether oxygens (including phenoxy) is 1.